The second kappa shape index (κ2) is 11.1. The molecule has 1 unspecified atom stereocenters. The summed E-state index contributed by atoms with van der Waals surface area (Å²) in [5.74, 6) is -0.183. The molecule has 2 aromatic carbocycles. The zero-order valence-electron chi connectivity index (χ0n) is 21.0. The highest BCUT2D eigenvalue weighted by atomic mass is 32.1. The second-order valence-electron chi connectivity index (χ2n) is 9.72. The van der Waals surface area contributed by atoms with E-state index in [2.05, 4.69) is 34.1 Å². The molecule has 7 nitrogen and oxygen atoms in total. The lowest BCUT2D eigenvalue weighted by molar-refractivity contribution is -0.119. The van der Waals surface area contributed by atoms with Crippen LogP contribution in [0.2, 0.25) is 0 Å². The molecule has 1 aromatic heterocycles. The van der Waals surface area contributed by atoms with Crippen LogP contribution in [0.25, 0.3) is 10.1 Å². The third-order valence-electron chi connectivity index (χ3n) is 7.40. The Morgan fingerprint density at radius 3 is 2.68 bits per heavy atom. The highest BCUT2D eigenvalue weighted by molar-refractivity contribution is 7.17. The summed E-state index contributed by atoms with van der Waals surface area (Å²) >= 11 is 1.57. The topological polar surface area (TPSA) is 73.3 Å². The number of carbonyl (C=O) groups excluding carboxylic acids is 1. The largest absolute Gasteiger partial charge is 0.506 e. The Morgan fingerprint density at radius 1 is 1.11 bits per heavy atom. The number of fused-ring (bicyclic) bond motifs is 2. The van der Waals surface area contributed by atoms with Crippen LogP contribution in [0.3, 0.4) is 0 Å². The predicted octanol–water partition coefficient (Wildman–Crippen LogP) is 5.16. The molecular formula is C28H32FN3O4S. The minimum atomic E-state index is -1.32. The molecule has 2 aliphatic heterocycles. The van der Waals surface area contributed by atoms with Crippen molar-refractivity contribution >= 4 is 44.9 Å². The van der Waals surface area contributed by atoms with Crippen molar-refractivity contribution in [1.82, 2.24) is 4.90 Å². The van der Waals surface area contributed by atoms with Crippen molar-refractivity contribution in [3.63, 3.8) is 0 Å². The lowest BCUT2D eigenvalue weighted by Gasteiger charge is -2.36. The number of thiophene rings is 1. The molecular weight excluding hydrogens is 493 g/mol. The Balaban J connectivity index is 1.21. The zero-order valence-corrected chi connectivity index (χ0v) is 21.8. The van der Waals surface area contributed by atoms with E-state index in [1.165, 1.54) is 0 Å². The van der Waals surface area contributed by atoms with E-state index >= 15 is 0 Å². The molecule has 5 rings (SSSR count). The molecule has 0 spiro atoms. The van der Waals surface area contributed by atoms with Gasteiger partial charge in [-0.1, -0.05) is 19.1 Å². The van der Waals surface area contributed by atoms with Gasteiger partial charge in [0.25, 0.3) is 0 Å². The summed E-state index contributed by atoms with van der Waals surface area (Å²) in [4.78, 5) is 30.2. The first-order valence-corrected chi connectivity index (χ1v) is 13.7. The van der Waals surface area contributed by atoms with Crippen LogP contribution in [0.1, 0.15) is 30.9 Å². The summed E-state index contributed by atoms with van der Waals surface area (Å²) < 4.78 is 20.1. The summed E-state index contributed by atoms with van der Waals surface area (Å²) in [5, 5.41) is 12.2. The van der Waals surface area contributed by atoms with Gasteiger partial charge in [-0.25, -0.2) is 9.18 Å². The van der Waals surface area contributed by atoms with E-state index < -0.39 is 12.3 Å². The fourth-order valence-electron chi connectivity index (χ4n) is 5.32. The number of anilines is 2. The van der Waals surface area contributed by atoms with E-state index in [-0.39, 0.29) is 18.3 Å². The van der Waals surface area contributed by atoms with Gasteiger partial charge in [-0.2, -0.15) is 0 Å². The normalized spacial score (nSPS) is 17.2. The molecule has 9 heteroatoms. The maximum absolute atomic E-state index is 14.1. The fourth-order valence-corrected chi connectivity index (χ4v) is 6.15. The smallest absolute Gasteiger partial charge is 0.450 e. The molecule has 1 amide bonds. The van der Waals surface area contributed by atoms with E-state index in [4.69, 9.17) is 9.84 Å². The van der Waals surface area contributed by atoms with Crippen LogP contribution in [0.5, 0.6) is 0 Å². The number of ether oxygens (including phenoxy) is 1. The first kappa shape index (κ1) is 25.5. The quantitative estimate of drug-likeness (QED) is 0.410. The molecule has 196 valence electrons. The number of carboxylic acid groups (broad SMARTS) is 1. The second-order valence-corrected chi connectivity index (χ2v) is 10.7. The van der Waals surface area contributed by atoms with Crippen molar-refractivity contribution in [1.29, 1.82) is 0 Å². The number of carbonyl (C=O) groups is 2. The average molecular weight is 526 g/mol. The molecule has 1 atom stereocenters. The Labute approximate surface area is 220 Å². The molecule has 1 N–H and O–H groups in total. The van der Waals surface area contributed by atoms with Crippen LogP contribution in [0.15, 0.2) is 41.8 Å². The maximum Gasteiger partial charge on any atom is 0.506 e. The van der Waals surface area contributed by atoms with Gasteiger partial charge in [-0.05, 0) is 60.0 Å². The summed E-state index contributed by atoms with van der Waals surface area (Å²) in [7, 11) is 0. The average Bonchev–Trinajstić information content (AvgIpc) is 3.36. The summed E-state index contributed by atoms with van der Waals surface area (Å²) in [5.41, 5.74) is 4.11. The number of benzene rings is 2. The van der Waals surface area contributed by atoms with Crippen molar-refractivity contribution in [2.24, 2.45) is 0 Å². The highest BCUT2D eigenvalue weighted by Gasteiger charge is 2.28. The van der Waals surface area contributed by atoms with E-state index in [0.717, 1.165) is 71.7 Å². The van der Waals surface area contributed by atoms with Gasteiger partial charge in [-0.3, -0.25) is 9.69 Å². The Bertz CT molecular complexity index is 1290. The van der Waals surface area contributed by atoms with E-state index in [9.17, 15) is 14.0 Å². The predicted molar refractivity (Wildman–Crippen MR) is 144 cm³/mol. The highest BCUT2D eigenvalue weighted by Crippen LogP contribution is 2.33. The molecule has 0 bridgehead atoms. The van der Waals surface area contributed by atoms with Gasteiger partial charge < -0.3 is 19.6 Å². The van der Waals surface area contributed by atoms with Crippen molar-refractivity contribution in [3.8, 4) is 0 Å². The number of nitrogens with zero attached hydrogens (tertiary/aromatic N) is 3. The molecule has 3 aromatic rings. The van der Waals surface area contributed by atoms with Gasteiger partial charge in [0, 0.05) is 60.6 Å². The molecule has 1 saturated heterocycles. The number of amides is 1. The fraction of sp³-hybridized carbons (Fsp3) is 0.429. The van der Waals surface area contributed by atoms with Gasteiger partial charge in [0.1, 0.15) is 11.9 Å². The number of aryl methyl sites for hydroxylation is 1. The molecule has 2 aliphatic rings. The SMILES string of the molecule is CCC(CN1C(=O)CCc2ccc(CCN3CCN(c4cc(F)cc5sccc45)CC3)cc21)OC(=O)O. The van der Waals surface area contributed by atoms with E-state index in [0.29, 0.717) is 19.3 Å². The van der Waals surface area contributed by atoms with Gasteiger partial charge >= 0.3 is 6.16 Å². The van der Waals surface area contributed by atoms with Crippen molar-refractivity contribution in [2.75, 3.05) is 49.1 Å². The number of hydrogen-bond acceptors (Lipinski definition) is 6. The van der Waals surface area contributed by atoms with Crippen LogP contribution in [0, 0.1) is 5.82 Å². The summed E-state index contributed by atoms with van der Waals surface area (Å²) in [6.07, 6.45) is 0.602. The number of hydrogen-bond donors (Lipinski definition) is 1. The van der Waals surface area contributed by atoms with Gasteiger partial charge in [0.15, 0.2) is 0 Å². The molecule has 37 heavy (non-hydrogen) atoms. The van der Waals surface area contributed by atoms with Gasteiger partial charge in [-0.15, -0.1) is 11.3 Å². The molecule has 0 saturated carbocycles. The maximum atomic E-state index is 14.1. The van der Waals surface area contributed by atoms with Crippen LogP contribution in [-0.4, -0.2) is 67.4 Å². The zero-order chi connectivity index (χ0) is 25.9. The van der Waals surface area contributed by atoms with Crippen LogP contribution in [0.4, 0.5) is 20.6 Å². The van der Waals surface area contributed by atoms with Crippen molar-refractivity contribution < 1.29 is 23.8 Å². The Morgan fingerprint density at radius 2 is 1.92 bits per heavy atom. The monoisotopic (exact) mass is 525 g/mol. The standard InChI is InChI=1S/C28H32FN3O4S/c1-2-22(36-28(34)35)18-32-24-15-19(3-4-20(24)5-6-27(32)33)7-9-30-10-12-31(13-11-30)25-16-21(29)17-26-23(25)8-14-37-26/h3-4,8,14-17,22H,2,5-7,9-13,18H2,1H3,(H,34,35). The minimum absolute atomic E-state index is 0.00490. The Kier molecular flexibility index (Phi) is 7.62. The lowest BCUT2D eigenvalue weighted by atomic mass is 9.97. The minimum Gasteiger partial charge on any atom is -0.450 e. The lowest BCUT2D eigenvalue weighted by Crippen LogP contribution is -2.47. The van der Waals surface area contributed by atoms with Crippen molar-refractivity contribution in [3.05, 3.63) is 58.7 Å². The number of rotatable bonds is 8. The van der Waals surface area contributed by atoms with Crippen LogP contribution in [-0.2, 0) is 22.4 Å². The van der Waals surface area contributed by atoms with Gasteiger partial charge in [0.2, 0.25) is 5.91 Å². The molecule has 0 aliphatic carbocycles. The van der Waals surface area contributed by atoms with Crippen molar-refractivity contribution in [2.45, 2.75) is 38.7 Å². The summed E-state index contributed by atoms with van der Waals surface area (Å²) in [6, 6.07) is 11.6. The number of halogens is 1. The van der Waals surface area contributed by atoms with Crippen LogP contribution >= 0.6 is 11.3 Å². The molecule has 3 heterocycles. The van der Waals surface area contributed by atoms with E-state index in [1.807, 2.05) is 12.3 Å². The summed E-state index contributed by atoms with van der Waals surface area (Å²) in [6.45, 7) is 6.50. The number of piperazine rings is 1. The third kappa shape index (κ3) is 5.72. The Hall–Kier alpha value is -3.17. The van der Waals surface area contributed by atoms with Gasteiger partial charge in [0.05, 0.1) is 6.54 Å². The molecule has 0 radical (unpaired) electrons. The molecule has 1 fully saturated rings. The first-order chi connectivity index (χ1) is 17.9. The first-order valence-electron chi connectivity index (χ1n) is 12.9. The third-order valence-corrected chi connectivity index (χ3v) is 8.27. The van der Waals surface area contributed by atoms with Crippen LogP contribution < -0.4 is 9.80 Å². The van der Waals surface area contributed by atoms with E-state index in [1.54, 1.807) is 28.4 Å².